The highest BCUT2D eigenvalue weighted by Gasteiger charge is 2.70. The Hall–Kier alpha value is -1.79. The van der Waals surface area contributed by atoms with E-state index in [4.69, 9.17) is 14.2 Å². The van der Waals surface area contributed by atoms with Crippen LogP contribution in [0.3, 0.4) is 0 Å². The number of ether oxygens (including phenoxy) is 3. The number of amides is 1. The van der Waals surface area contributed by atoms with Gasteiger partial charge >= 0.3 is 0 Å². The molecule has 1 amide bonds. The molecule has 24 heavy (non-hydrogen) atoms. The van der Waals surface area contributed by atoms with E-state index in [1.54, 1.807) is 14.2 Å². The summed E-state index contributed by atoms with van der Waals surface area (Å²) in [7, 11) is 3.25. The van der Waals surface area contributed by atoms with Crippen molar-refractivity contribution in [3.05, 3.63) is 23.3 Å². The molecule has 128 valence electrons. The Bertz CT molecular complexity index is 734. The number of methoxy groups -OCH3 is 2. The Kier molecular flexibility index (Phi) is 2.81. The van der Waals surface area contributed by atoms with Crippen LogP contribution in [0, 0.1) is 5.92 Å². The van der Waals surface area contributed by atoms with E-state index in [-0.39, 0.29) is 17.9 Å². The van der Waals surface area contributed by atoms with Crippen LogP contribution in [0.25, 0.3) is 0 Å². The molecule has 4 aliphatic rings. The summed E-state index contributed by atoms with van der Waals surface area (Å²) in [6, 6.07) is 4.02. The van der Waals surface area contributed by atoms with Crippen LogP contribution >= 0.6 is 0 Å². The molecule has 2 bridgehead atoms. The van der Waals surface area contributed by atoms with E-state index in [9.17, 15) is 9.90 Å². The highest BCUT2D eigenvalue weighted by atomic mass is 16.5. The van der Waals surface area contributed by atoms with Gasteiger partial charge in [-0.15, -0.1) is 0 Å². The fourth-order valence-electron chi connectivity index (χ4n) is 5.47. The van der Waals surface area contributed by atoms with E-state index in [1.807, 2.05) is 17.0 Å². The minimum absolute atomic E-state index is 0.0293. The molecule has 1 saturated carbocycles. The molecule has 0 aromatic heterocycles. The number of benzene rings is 1. The number of nitrogens with zero attached hydrogens (tertiary/aromatic N) is 1. The second-order valence-electron chi connectivity index (χ2n) is 7.18. The summed E-state index contributed by atoms with van der Waals surface area (Å²) in [6.07, 6.45) is 1.07. The number of aliphatic hydroxyl groups excluding tert-OH is 1. The zero-order valence-corrected chi connectivity index (χ0v) is 13.8. The van der Waals surface area contributed by atoms with Crippen molar-refractivity contribution in [3.63, 3.8) is 0 Å². The SMILES string of the molecule is COc1cc2c(cc1OC)[C@@]13CC[C@H]4O[C@@H](C(=O)N1CC2)[C@@H]3[C@H]4O. The molecule has 5 atom stereocenters. The first kappa shape index (κ1) is 14.5. The van der Waals surface area contributed by atoms with Gasteiger partial charge in [0.15, 0.2) is 11.5 Å². The van der Waals surface area contributed by atoms with Gasteiger partial charge in [0.2, 0.25) is 0 Å². The number of carbonyl (C=O) groups excluding carboxylic acids is 1. The Balaban J connectivity index is 1.75. The van der Waals surface area contributed by atoms with Crippen molar-refractivity contribution in [2.24, 2.45) is 5.92 Å². The second kappa shape index (κ2) is 4.64. The fourth-order valence-corrected chi connectivity index (χ4v) is 5.47. The Morgan fingerprint density at radius 2 is 2.04 bits per heavy atom. The van der Waals surface area contributed by atoms with Crippen molar-refractivity contribution in [2.75, 3.05) is 20.8 Å². The van der Waals surface area contributed by atoms with E-state index in [0.29, 0.717) is 18.0 Å². The predicted octanol–water partition coefficient (Wildman–Crippen LogP) is 0.836. The summed E-state index contributed by atoms with van der Waals surface area (Å²) in [5, 5.41) is 10.7. The summed E-state index contributed by atoms with van der Waals surface area (Å²) in [4.78, 5) is 14.8. The number of hydrogen-bond acceptors (Lipinski definition) is 5. The molecule has 1 aromatic rings. The number of fused-ring (bicyclic) bond motifs is 2. The molecule has 0 radical (unpaired) electrons. The molecule has 1 aromatic carbocycles. The molecule has 1 aliphatic carbocycles. The monoisotopic (exact) mass is 331 g/mol. The average Bonchev–Trinajstić information content (AvgIpc) is 2.98. The minimum atomic E-state index is -0.586. The smallest absolute Gasteiger partial charge is 0.252 e. The van der Waals surface area contributed by atoms with Crippen LogP contribution in [-0.4, -0.2) is 55.0 Å². The largest absolute Gasteiger partial charge is 0.493 e. The van der Waals surface area contributed by atoms with E-state index in [0.717, 1.165) is 24.8 Å². The van der Waals surface area contributed by atoms with Crippen LogP contribution in [0.15, 0.2) is 12.1 Å². The van der Waals surface area contributed by atoms with Gasteiger partial charge in [0.1, 0.15) is 6.10 Å². The molecule has 6 nitrogen and oxygen atoms in total. The van der Waals surface area contributed by atoms with Crippen molar-refractivity contribution >= 4 is 5.91 Å². The van der Waals surface area contributed by atoms with Crippen molar-refractivity contribution in [2.45, 2.75) is 43.1 Å². The molecule has 5 rings (SSSR count). The molecule has 3 aliphatic heterocycles. The first-order chi connectivity index (χ1) is 11.6. The van der Waals surface area contributed by atoms with Crippen molar-refractivity contribution in [1.29, 1.82) is 0 Å². The van der Waals surface area contributed by atoms with E-state index in [1.165, 1.54) is 5.56 Å². The number of hydrogen-bond donors (Lipinski definition) is 1. The lowest BCUT2D eigenvalue weighted by Crippen LogP contribution is -2.56. The highest BCUT2D eigenvalue weighted by Crippen LogP contribution is 2.60. The summed E-state index contributed by atoms with van der Waals surface area (Å²) in [5.74, 6) is 1.21. The minimum Gasteiger partial charge on any atom is -0.493 e. The van der Waals surface area contributed by atoms with Crippen molar-refractivity contribution in [3.8, 4) is 11.5 Å². The highest BCUT2D eigenvalue weighted by molar-refractivity contribution is 5.87. The third-order valence-corrected chi connectivity index (χ3v) is 6.43. The third-order valence-electron chi connectivity index (χ3n) is 6.43. The Labute approximate surface area is 140 Å². The van der Waals surface area contributed by atoms with Crippen LogP contribution < -0.4 is 9.47 Å². The van der Waals surface area contributed by atoms with Gasteiger partial charge in [0.25, 0.3) is 5.91 Å². The lowest BCUT2D eigenvalue weighted by Gasteiger charge is -2.50. The lowest BCUT2D eigenvalue weighted by molar-refractivity contribution is -0.147. The Morgan fingerprint density at radius 3 is 2.79 bits per heavy atom. The molecule has 6 heteroatoms. The van der Waals surface area contributed by atoms with Crippen molar-refractivity contribution < 1.29 is 24.1 Å². The maximum atomic E-state index is 12.9. The van der Waals surface area contributed by atoms with Gasteiger partial charge in [-0.2, -0.15) is 0 Å². The molecular formula is C18H21NO5. The van der Waals surface area contributed by atoms with Crippen LogP contribution in [0.2, 0.25) is 0 Å². The van der Waals surface area contributed by atoms with Gasteiger partial charge in [-0.3, -0.25) is 4.79 Å². The molecule has 3 heterocycles. The van der Waals surface area contributed by atoms with Gasteiger partial charge < -0.3 is 24.2 Å². The normalized spacial score (nSPS) is 38.8. The van der Waals surface area contributed by atoms with Gasteiger partial charge in [-0.05, 0) is 42.5 Å². The quantitative estimate of drug-likeness (QED) is 0.870. The van der Waals surface area contributed by atoms with Crippen LogP contribution in [0.1, 0.15) is 24.0 Å². The predicted molar refractivity (Wildman–Crippen MR) is 84.0 cm³/mol. The zero-order valence-electron chi connectivity index (χ0n) is 13.8. The zero-order chi connectivity index (χ0) is 16.6. The summed E-state index contributed by atoms with van der Waals surface area (Å²) < 4.78 is 16.8. The van der Waals surface area contributed by atoms with E-state index in [2.05, 4.69) is 0 Å². The molecule has 1 N–H and O–H groups in total. The van der Waals surface area contributed by atoms with Crippen LogP contribution in [0.5, 0.6) is 11.5 Å². The molecule has 1 spiro atoms. The molecule has 0 unspecified atom stereocenters. The number of rotatable bonds is 2. The van der Waals surface area contributed by atoms with Crippen LogP contribution in [0.4, 0.5) is 0 Å². The first-order valence-corrected chi connectivity index (χ1v) is 8.52. The standard InChI is InChI=1S/C18H21NO5/c1-22-12-7-9-4-6-19-17(21)16-14-15(20)11(24-16)3-5-18(14,19)10(9)8-13(12)23-2/h7-8,11,14-16,20H,3-6H2,1-2H3/t11-,14+,15+,16-,18-/m1/s1. The molecule has 3 fully saturated rings. The molecular weight excluding hydrogens is 310 g/mol. The van der Waals surface area contributed by atoms with Gasteiger partial charge in [-0.1, -0.05) is 0 Å². The van der Waals surface area contributed by atoms with Gasteiger partial charge in [0.05, 0.1) is 37.9 Å². The first-order valence-electron chi connectivity index (χ1n) is 8.52. The third kappa shape index (κ3) is 1.47. The van der Waals surface area contributed by atoms with E-state index >= 15 is 0 Å². The average molecular weight is 331 g/mol. The fraction of sp³-hybridized carbons (Fsp3) is 0.611. The van der Waals surface area contributed by atoms with Gasteiger partial charge in [-0.25, -0.2) is 0 Å². The van der Waals surface area contributed by atoms with Crippen molar-refractivity contribution in [1.82, 2.24) is 4.90 Å². The molecule has 2 saturated heterocycles. The summed E-state index contributed by atoms with van der Waals surface area (Å²) in [5.41, 5.74) is 1.80. The summed E-state index contributed by atoms with van der Waals surface area (Å²) >= 11 is 0. The number of carbonyl (C=O) groups is 1. The second-order valence-corrected chi connectivity index (χ2v) is 7.18. The van der Waals surface area contributed by atoms with Gasteiger partial charge in [0, 0.05) is 6.54 Å². The van der Waals surface area contributed by atoms with E-state index < -0.39 is 17.7 Å². The maximum Gasteiger partial charge on any atom is 0.252 e. The van der Waals surface area contributed by atoms with Crippen LogP contribution in [-0.2, 0) is 21.5 Å². The Morgan fingerprint density at radius 1 is 1.29 bits per heavy atom. The topological polar surface area (TPSA) is 68.2 Å². The lowest BCUT2D eigenvalue weighted by atomic mass is 9.65. The maximum absolute atomic E-state index is 12.9. The number of aliphatic hydroxyl groups is 1. The summed E-state index contributed by atoms with van der Waals surface area (Å²) in [6.45, 7) is 0.662.